The van der Waals surface area contributed by atoms with Crippen molar-refractivity contribution < 1.29 is 4.79 Å². The van der Waals surface area contributed by atoms with E-state index in [1.807, 2.05) is 49.5 Å². The fraction of sp³-hybridized carbons (Fsp3) is 0.143. The highest BCUT2D eigenvalue weighted by Gasteiger charge is 2.02. The Kier molecular flexibility index (Phi) is 3.57. The first-order valence-electron chi connectivity index (χ1n) is 5.72. The molecule has 1 heterocycles. The molecule has 2 aromatic rings. The van der Waals surface area contributed by atoms with Gasteiger partial charge < -0.3 is 10.6 Å². The zero-order valence-corrected chi connectivity index (χ0v) is 10.4. The summed E-state index contributed by atoms with van der Waals surface area (Å²) in [4.78, 5) is 15.5. The first-order chi connectivity index (χ1) is 8.69. The first-order valence-corrected chi connectivity index (χ1v) is 5.72. The van der Waals surface area contributed by atoms with E-state index in [-0.39, 0.29) is 5.91 Å². The molecule has 0 atom stereocenters. The Labute approximate surface area is 106 Å². The van der Waals surface area contributed by atoms with E-state index in [2.05, 4.69) is 15.6 Å². The lowest BCUT2D eigenvalue weighted by molar-refractivity contribution is -0.114. The van der Waals surface area contributed by atoms with Crippen LogP contribution in [0.3, 0.4) is 0 Å². The molecule has 1 aromatic carbocycles. The Morgan fingerprint density at radius 2 is 1.94 bits per heavy atom. The Morgan fingerprint density at radius 1 is 1.17 bits per heavy atom. The van der Waals surface area contributed by atoms with Gasteiger partial charge in [0.2, 0.25) is 5.91 Å². The van der Waals surface area contributed by atoms with Crippen LogP contribution in [0.1, 0.15) is 6.92 Å². The van der Waals surface area contributed by atoms with Crippen molar-refractivity contribution in [1.82, 2.24) is 4.98 Å². The Bertz CT molecular complexity index is 566. The average Bonchev–Trinajstić information content (AvgIpc) is 2.38. The number of hydrogen-bond donors (Lipinski definition) is 2. The van der Waals surface area contributed by atoms with E-state index < -0.39 is 0 Å². The van der Waals surface area contributed by atoms with Crippen LogP contribution in [-0.2, 0) is 4.79 Å². The van der Waals surface area contributed by atoms with Crippen LogP contribution in [0.4, 0.5) is 11.5 Å². The van der Waals surface area contributed by atoms with Crippen LogP contribution >= 0.6 is 0 Å². The standard InChI is InChI=1S/C14H15N3O/c1-10(18)16-12-6-3-5-11(9-12)13-7-4-8-14(15-2)17-13/h3-9H,1-2H3,(H,15,17)(H,16,18). The number of pyridine rings is 1. The molecular formula is C14H15N3O. The number of nitrogens with zero attached hydrogens (tertiary/aromatic N) is 1. The second kappa shape index (κ2) is 5.31. The lowest BCUT2D eigenvalue weighted by Crippen LogP contribution is -2.05. The summed E-state index contributed by atoms with van der Waals surface area (Å²) in [7, 11) is 1.83. The van der Waals surface area contributed by atoms with E-state index in [9.17, 15) is 4.79 Å². The van der Waals surface area contributed by atoms with Crippen LogP contribution in [0.2, 0.25) is 0 Å². The van der Waals surface area contributed by atoms with Crippen molar-refractivity contribution >= 4 is 17.4 Å². The topological polar surface area (TPSA) is 54.0 Å². The molecule has 2 N–H and O–H groups in total. The van der Waals surface area contributed by atoms with Gasteiger partial charge in [-0.05, 0) is 24.3 Å². The van der Waals surface area contributed by atoms with E-state index in [1.54, 1.807) is 0 Å². The predicted octanol–water partition coefficient (Wildman–Crippen LogP) is 2.75. The number of rotatable bonds is 3. The molecule has 4 heteroatoms. The van der Waals surface area contributed by atoms with E-state index in [1.165, 1.54) is 6.92 Å². The normalized spacial score (nSPS) is 9.89. The zero-order valence-electron chi connectivity index (χ0n) is 10.4. The van der Waals surface area contributed by atoms with Gasteiger partial charge in [0.05, 0.1) is 5.69 Å². The van der Waals surface area contributed by atoms with Gasteiger partial charge in [-0.25, -0.2) is 4.98 Å². The molecule has 0 radical (unpaired) electrons. The Balaban J connectivity index is 2.34. The number of anilines is 2. The zero-order chi connectivity index (χ0) is 13.0. The lowest BCUT2D eigenvalue weighted by Gasteiger charge is -2.07. The number of amides is 1. The van der Waals surface area contributed by atoms with Gasteiger partial charge in [-0.1, -0.05) is 18.2 Å². The molecule has 0 aliphatic carbocycles. The van der Waals surface area contributed by atoms with Crippen molar-refractivity contribution in [2.24, 2.45) is 0 Å². The van der Waals surface area contributed by atoms with Gasteiger partial charge in [-0.3, -0.25) is 4.79 Å². The number of nitrogens with one attached hydrogen (secondary N) is 2. The quantitative estimate of drug-likeness (QED) is 0.868. The third-order valence-electron chi connectivity index (χ3n) is 2.48. The molecular weight excluding hydrogens is 226 g/mol. The predicted molar refractivity (Wildman–Crippen MR) is 73.5 cm³/mol. The molecule has 0 fully saturated rings. The fourth-order valence-corrected chi connectivity index (χ4v) is 1.69. The number of hydrogen-bond acceptors (Lipinski definition) is 3. The van der Waals surface area contributed by atoms with Crippen LogP contribution in [0.25, 0.3) is 11.3 Å². The fourth-order valence-electron chi connectivity index (χ4n) is 1.69. The van der Waals surface area contributed by atoms with Gasteiger partial charge in [0.15, 0.2) is 0 Å². The van der Waals surface area contributed by atoms with Crippen LogP contribution < -0.4 is 10.6 Å². The van der Waals surface area contributed by atoms with Crippen molar-refractivity contribution in [1.29, 1.82) is 0 Å². The lowest BCUT2D eigenvalue weighted by atomic mass is 10.1. The monoisotopic (exact) mass is 241 g/mol. The van der Waals surface area contributed by atoms with Crippen LogP contribution in [0.5, 0.6) is 0 Å². The summed E-state index contributed by atoms with van der Waals surface area (Å²) in [5, 5.41) is 5.76. The maximum Gasteiger partial charge on any atom is 0.221 e. The molecule has 92 valence electrons. The maximum atomic E-state index is 11.0. The van der Waals surface area contributed by atoms with Gasteiger partial charge >= 0.3 is 0 Å². The van der Waals surface area contributed by atoms with Crippen LogP contribution in [0.15, 0.2) is 42.5 Å². The van der Waals surface area contributed by atoms with Gasteiger partial charge in [0.25, 0.3) is 0 Å². The van der Waals surface area contributed by atoms with Crippen molar-refractivity contribution in [3.8, 4) is 11.3 Å². The van der Waals surface area contributed by atoms with Gasteiger partial charge in [-0.15, -0.1) is 0 Å². The number of benzene rings is 1. The molecule has 1 amide bonds. The van der Waals surface area contributed by atoms with Crippen molar-refractivity contribution in [2.45, 2.75) is 6.92 Å². The largest absolute Gasteiger partial charge is 0.373 e. The molecule has 4 nitrogen and oxygen atoms in total. The summed E-state index contributed by atoms with van der Waals surface area (Å²) in [6.07, 6.45) is 0. The van der Waals surface area contributed by atoms with Crippen molar-refractivity contribution in [3.63, 3.8) is 0 Å². The molecule has 0 aliphatic rings. The van der Waals surface area contributed by atoms with Gasteiger partial charge in [-0.2, -0.15) is 0 Å². The SMILES string of the molecule is CNc1cccc(-c2cccc(NC(C)=O)c2)n1. The first kappa shape index (κ1) is 12.1. The summed E-state index contributed by atoms with van der Waals surface area (Å²) < 4.78 is 0. The van der Waals surface area contributed by atoms with E-state index >= 15 is 0 Å². The third kappa shape index (κ3) is 2.85. The molecule has 1 aromatic heterocycles. The summed E-state index contributed by atoms with van der Waals surface area (Å²) in [5.74, 6) is 0.738. The van der Waals surface area contributed by atoms with Crippen molar-refractivity contribution in [2.75, 3.05) is 17.7 Å². The Morgan fingerprint density at radius 3 is 2.67 bits per heavy atom. The maximum absolute atomic E-state index is 11.0. The molecule has 0 bridgehead atoms. The summed E-state index contributed by atoms with van der Waals surface area (Å²) in [6.45, 7) is 1.49. The molecule has 0 unspecified atom stereocenters. The summed E-state index contributed by atoms with van der Waals surface area (Å²) in [5.41, 5.74) is 2.61. The summed E-state index contributed by atoms with van der Waals surface area (Å²) >= 11 is 0. The average molecular weight is 241 g/mol. The smallest absolute Gasteiger partial charge is 0.221 e. The van der Waals surface area contributed by atoms with Gasteiger partial charge in [0.1, 0.15) is 5.82 Å². The van der Waals surface area contributed by atoms with Gasteiger partial charge in [0, 0.05) is 25.2 Å². The van der Waals surface area contributed by atoms with Crippen molar-refractivity contribution in [3.05, 3.63) is 42.5 Å². The second-order valence-corrected chi connectivity index (χ2v) is 3.92. The minimum absolute atomic E-state index is 0.0796. The number of carbonyl (C=O) groups excluding carboxylic acids is 1. The molecule has 0 spiro atoms. The second-order valence-electron chi connectivity index (χ2n) is 3.92. The van der Waals surface area contributed by atoms with Crippen LogP contribution in [0, 0.1) is 0 Å². The number of aromatic nitrogens is 1. The molecule has 0 saturated carbocycles. The molecule has 0 saturated heterocycles. The minimum Gasteiger partial charge on any atom is -0.373 e. The van der Waals surface area contributed by atoms with E-state index in [0.29, 0.717) is 0 Å². The summed E-state index contributed by atoms with van der Waals surface area (Å²) in [6, 6.07) is 13.4. The highest BCUT2D eigenvalue weighted by molar-refractivity contribution is 5.89. The molecule has 18 heavy (non-hydrogen) atoms. The van der Waals surface area contributed by atoms with E-state index in [0.717, 1.165) is 22.8 Å². The Hall–Kier alpha value is -2.36. The third-order valence-corrected chi connectivity index (χ3v) is 2.48. The van der Waals surface area contributed by atoms with E-state index in [4.69, 9.17) is 0 Å². The minimum atomic E-state index is -0.0796. The highest BCUT2D eigenvalue weighted by atomic mass is 16.1. The highest BCUT2D eigenvalue weighted by Crippen LogP contribution is 2.22. The van der Waals surface area contributed by atoms with Crippen LogP contribution in [-0.4, -0.2) is 17.9 Å². The number of carbonyl (C=O) groups is 1. The molecule has 2 rings (SSSR count). The molecule has 0 aliphatic heterocycles.